The van der Waals surface area contributed by atoms with Crippen molar-refractivity contribution in [3.8, 4) is 0 Å². The number of halogens is 3. The van der Waals surface area contributed by atoms with Crippen LogP contribution in [0.2, 0.25) is 0 Å². The fourth-order valence-electron chi connectivity index (χ4n) is 4.07. The zero-order valence-corrected chi connectivity index (χ0v) is 15.1. The van der Waals surface area contributed by atoms with E-state index in [1.54, 1.807) is 25.7 Å². The number of rotatable bonds is 2. The second-order valence-electron chi connectivity index (χ2n) is 8.25. The van der Waals surface area contributed by atoms with Crippen molar-refractivity contribution in [3.63, 3.8) is 0 Å². The maximum atomic E-state index is 14.0. The molecule has 0 saturated carbocycles. The molecule has 2 heterocycles. The fraction of sp³-hybridized carbons (Fsp3) is 0.632. The Morgan fingerprint density at radius 3 is 2.31 bits per heavy atom. The highest BCUT2D eigenvalue weighted by molar-refractivity contribution is 5.69. The Hall–Kier alpha value is -1.76. The summed E-state index contributed by atoms with van der Waals surface area (Å²) in [6.07, 6.45) is -1.39. The number of hydrogen-bond acceptors (Lipinski definition) is 3. The monoisotopic (exact) mass is 371 g/mol. The molecule has 2 aliphatic heterocycles. The van der Waals surface area contributed by atoms with Gasteiger partial charge in [-0.05, 0) is 45.2 Å². The first-order valence-electron chi connectivity index (χ1n) is 8.82. The van der Waals surface area contributed by atoms with E-state index in [1.807, 2.05) is 0 Å². The van der Waals surface area contributed by atoms with Gasteiger partial charge in [-0.25, -0.2) is 18.0 Å². The van der Waals surface area contributed by atoms with Gasteiger partial charge < -0.3 is 14.7 Å². The Labute approximate surface area is 150 Å². The quantitative estimate of drug-likeness (QED) is 0.832. The third kappa shape index (κ3) is 3.54. The van der Waals surface area contributed by atoms with Gasteiger partial charge in [-0.2, -0.15) is 0 Å². The van der Waals surface area contributed by atoms with E-state index in [1.165, 1.54) is 6.07 Å². The SMILES string of the molecule is CC(C)(C)OC(=O)N1C2CCC1CC(O)(c1ccc(C(F)F)c(F)c1)C2. The van der Waals surface area contributed by atoms with Gasteiger partial charge in [0.15, 0.2) is 0 Å². The number of benzene rings is 1. The lowest BCUT2D eigenvalue weighted by Crippen LogP contribution is -2.53. The Kier molecular flexibility index (Phi) is 4.71. The highest BCUT2D eigenvalue weighted by Crippen LogP contribution is 2.46. The number of piperidine rings is 1. The Balaban J connectivity index is 1.81. The van der Waals surface area contributed by atoms with Gasteiger partial charge in [-0.15, -0.1) is 0 Å². The Bertz CT molecular complexity index is 688. The molecule has 144 valence electrons. The molecule has 0 aliphatic carbocycles. The Morgan fingerprint density at radius 1 is 1.27 bits per heavy atom. The molecule has 1 N–H and O–H groups in total. The van der Waals surface area contributed by atoms with Crippen LogP contribution in [-0.2, 0) is 10.3 Å². The summed E-state index contributed by atoms with van der Waals surface area (Å²) in [5.41, 5.74) is -2.35. The molecule has 1 aromatic rings. The first kappa shape index (κ1) is 19.0. The summed E-state index contributed by atoms with van der Waals surface area (Å²) in [7, 11) is 0. The predicted molar refractivity (Wildman–Crippen MR) is 89.4 cm³/mol. The molecule has 4 nitrogen and oxygen atoms in total. The molecule has 0 radical (unpaired) electrons. The van der Waals surface area contributed by atoms with Gasteiger partial charge in [0.25, 0.3) is 6.43 Å². The molecule has 1 aromatic carbocycles. The topological polar surface area (TPSA) is 49.8 Å². The summed E-state index contributed by atoms with van der Waals surface area (Å²) >= 11 is 0. The molecule has 2 fully saturated rings. The van der Waals surface area contributed by atoms with E-state index in [-0.39, 0.29) is 30.5 Å². The van der Waals surface area contributed by atoms with Crippen molar-refractivity contribution < 1.29 is 27.8 Å². The van der Waals surface area contributed by atoms with Crippen molar-refractivity contribution in [2.75, 3.05) is 0 Å². The van der Waals surface area contributed by atoms with Gasteiger partial charge >= 0.3 is 6.09 Å². The lowest BCUT2D eigenvalue weighted by molar-refractivity contribution is -0.0626. The van der Waals surface area contributed by atoms with E-state index in [9.17, 15) is 23.1 Å². The van der Waals surface area contributed by atoms with Crippen LogP contribution >= 0.6 is 0 Å². The van der Waals surface area contributed by atoms with Crippen LogP contribution < -0.4 is 0 Å². The standard InChI is InChI=1S/C19H24F3NO3/c1-18(2,3)26-17(24)23-12-5-6-13(23)10-19(25,9-12)11-4-7-14(16(21)22)15(20)8-11/h4,7-8,12-13,16,25H,5-6,9-10H2,1-3H3. The Morgan fingerprint density at radius 2 is 1.85 bits per heavy atom. The molecule has 7 heteroatoms. The first-order chi connectivity index (χ1) is 12.0. The molecule has 2 bridgehead atoms. The van der Waals surface area contributed by atoms with Crippen molar-refractivity contribution in [1.82, 2.24) is 4.90 Å². The number of fused-ring (bicyclic) bond motifs is 2. The summed E-state index contributed by atoms with van der Waals surface area (Å²) in [4.78, 5) is 14.1. The molecular formula is C19H24F3NO3. The van der Waals surface area contributed by atoms with Crippen LogP contribution in [0, 0.1) is 5.82 Å². The van der Waals surface area contributed by atoms with Crippen LogP contribution in [0.15, 0.2) is 18.2 Å². The predicted octanol–water partition coefficient (Wildman–Crippen LogP) is 4.51. The van der Waals surface area contributed by atoms with Crippen LogP contribution in [0.5, 0.6) is 0 Å². The van der Waals surface area contributed by atoms with E-state index in [0.717, 1.165) is 25.0 Å². The van der Waals surface area contributed by atoms with E-state index in [2.05, 4.69) is 0 Å². The molecule has 3 rings (SSSR count). The number of alkyl halides is 2. The third-order valence-electron chi connectivity index (χ3n) is 5.14. The number of nitrogens with zero attached hydrogens (tertiary/aromatic N) is 1. The molecular weight excluding hydrogens is 347 g/mol. The third-order valence-corrected chi connectivity index (χ3v) is 5.14. The molecule has 0 aromatic heterocycles. The molecule has 2 saturated heterocycles. The summed E-state index contributed by atoms with van der Waals surface area (Å²) in [6.45, 7) is 5.38. The van der Waals surface area contributed by atoms with Crippen molar-refractivity contribution >= 4 is 6.09 Å². The minimum atomic E-state index is -2.90. The summed E-state index contributed by atoms with van der Waals surface area (Å²) in [6, 6.07) is 2.94. The summed E-state index contributed by atoms with van der Waals surface area (Å²) in [5.74, 6) is -1.02. The van der Waals surface area contributed by atoms with Gasteiger partial charge in [0, 0.05) is 24.9 Å². The zero-order chi connectivity index (χ0) is 19.3. The largest absolute Gasteiger partial charge is 0.444 e. The molecule has 0 spiro atoms. The lowest BCUT2D eigenvalue weighted by Gasteiger charge is -2.44. The number of hydrogen-bond donors (Lipinski definition) is 1. The molecule has 1 amide bonds. The number of aliphatic hydroxyl groups is 1. The normalized spacial score (nSPS) is 28.5. The molecule has 2 unspecified atom stereocenters. The van der Waals surface area contributed by atoms with Crippen LogP contribution in [0.1, 0.15) is 64.0 Å². The van der Waals surface area contributed by atoms with Crippen LogP contribution in [0.4, 0.5) is 18.0 Å². The highest BCUT2D eigenvalue weighted by atomic mass is 19.3. The maximum absolute atomic E-state index is 14.0. The summed E-state index contributed by atoms with van der Waals surface area (Å²) in [5, 5.41) is 11.1. The van der Waals surface area contributed by atoms with Crippen LogP contribution in [0.25, 0.3) is 0 Å². The number of carbonyl (C=O) groups excluding carboxylic acids is 1. The van der Waals surface area contributed by atoms with Gasteiger partial charge in [0.1, 0.15) is 11.4 Å². The van der Waals surface area contributed by atoms with Crippen molar-refractivity contribution in [1.29, 1.82) is 0 Å². The van der Waals surface area contributed by atoms with Crippen LogP contribution in [-0.4, -0.2) is 33.8 Å². The minimum absolute atomic E-state index is 0.216. The molecule has 2 aliphatic rings. The average molecular weight is 371 g/mol. The second-order valence-corrected chi connectivity index (χ2v) is 8.25. The van der Waals surface area contributed by atoms with Gasteiger partial charge in [0.2, 0.25) is 0 Å². The van der Waals surface area contributed by atoms with E-state index in [0.29, 0.717) is 0 Å². The zero-order valence-electron chi connectivity index (χ0n) is 15.1. The molecule has 26 heavy (non-hydrogen) atoms. The second kappa shape index (κ2) is 6.44. The average Bonchev–Trinajstić information content (AvgIpc) is 2.78. The van der Waals surface area contributed by atoms with E-state index < -0.39 is 35.1 Å². The van der Waals surface area contributed by atoms with Crippen molar-refractivity contribution in [3.05, 3.63) is 35.1 Å². The smallest absolute Gasteiger partial charge is 0.410 e. The highest BCUT2D eigenvalue weighted by Gasteiger charge is 2.51. The van der Waals surface area contributed by atoms with E-state index >= 15 is 0 Å². The number of carbonyl (C=O) groups is 1. The number of amides is 1. The van der Waals surface area contributed by atoms with Gasteiger partial charge in [0.05, 0.1) is 11.2 Å². The van der Waals surface area contributed by atoms with Gasteiger partial charge in [-0.3, -0.25) is 0 Å². The lowest BCUT2D eigenvalue weighted by atomic mass is 9.80. The summed E-state index contributed by atoms with van der Waals surface area (Å²) < 4.78 is 44.9. The number of ether oxygens (including phenoxy) is 1. The molecule has 2 atom stereocenters. The minimum Gasteiger partial charge on any atom is -0.444 e. The van der Waals surface area contributed by atoms with Crippen molar-refractivity contribution in [2.45, 2.75) is 76.2 Å². The maximum Gasteiger partial charge on any atom is 0.410 e. The van der Waals surface area contributed by atoms with Gasteiger partial charge in [-0.1, -0.05) is 12.1 Å². The van der Waals surface area contributed by atoms with E-state index in [4.69, 9.17) is 4.74 Å². The first-order valence-corrected chi connectivity index (χ1v) is 8.82. The fourth-order valence-corrected chi connectivity index (χ4v) is 4.07. The van der Waals surface area contributed by atoms with Crippen LogP contribution in [0.3, 0.4) is 0 Å². The van der Waals surface area contributed by atoms with Crippen molar-refractivity contribution in [2.24, 2.45) is 0 Å².